The van der Waals surface area contributed by atoms with E-state index in [9.17, 15) is 0 Å². The van der Waals surface area contributed by atoms with Gasteiger partial charge in [-0.1, -0.05) is 28.9 Å². The van der Waals surface area contributed by atoms with Crippen LogP contribution in [0.4, 0.5) is 5.82 Å². The van der Waals surface area contributed by atoms with Crippen LogP contribution in [-0.2, 0) is 6.54 Å². The first-order chi connectivity index (χ1) is 16.7. The highest BCUT2D eigenvalue weighted by atomic mass is 16.5. The summed E-state index contributed by atoms with van der Waals surface area (Å²) in [5.74, 6) is 2.63. The van der Waals surface area contributed by atoms with E-state index in [4.69, 9.17) is 9.26 Å². The second-order valence-corrected chi connectivity index (χ2v) is 10.5. The molecule has 0 unspecified atom stereocenters. The fourth-order valence-electron chi connectivity index (χ4n) is 6.00. The first kappa shape index (κ1) is 21.9. The van der Waals surface area contributed by atoms with Crippen molar-refractivity contribution < 1.29 is 9.26 Å². The Morgan fingerprint density at radius 3 is 2.82 bits per heavy atom. The lowest BCUT2D eigenvalue weighted by Crippen LogP contribution is -2.57. The van der Waals surface area contributed by atoms with Crippen LogP contribution in [0.15, 0.2) is 47.0 Å². The highest BCUT2D eigenvalue weighted by molar-refractivity contribution is 5.89. The van der Waals surface area contributed by atoms with Crippen molar-refractivity contribution in [3.63, 3.8) is 0 Å². The van der Waals surface area contributed by atoms with Gasteiger partial charge in [-0.15, -0.1) is 0 Å². The summed E-state index contributed by atoms with van der Waals surface area (Å²) in [5.41, 5.74) is 3.50. The van der Waals surface area contributed by atoms with Gasteiger partial charge in [0, 0.05) is 44.7 Å². The first-order valence-electron chi connectivity index (χ1n) is 13.0. The Kier molecular flexibility index (Phi) is 6.18. The maximum atomic E-state index is 6.29. The number of hydrogen-bond acceptors (Lipinski definition) is 6. The van der Waals surface area contributed by atoms with Gasteiger partial charge in [0.1, 0.15) is 5.75 Å². The van der Waals surface area contributed by atoms with Crippen molar-refractivity contribution in [1.82, 2.24) is 15.0 Å². The van der Waals surface area contributed by atoms with Crippen molar-refractivity contribution in [2.45, 2.75) is 45.2 Å². The highest BCUT2D eigenvalue weighted by Crippen LogP contribution is 2.32. The molecule has 0 radical (unpaired) electrons. The molecule has 2 atom stereocenters. The zero-order valence-corrected chi connectivity index (χ0v) is 20.3. The van der Waals surface area contributed by atoms with Crippen LogP contribution in [0, 0.1) is 12.8 Å². The molecule has 180 valence electrons. The topological polar surface area (TPSA) is 45.0 Å². The standard InChI is InChI=1S/C28H36N4O2/c1-21-7-10-27-26(15-21)28(29-34-27)32-14-13-31-18-23(8-9-24(31)19-32)20-33-25-6-4-5-22(16-25)17-30-11-2-3-12-30/h4-7,10,15-16,23-24H,2-3,8-9,11-14,17-20H2,1H3/t23-,24-/m0/s1. The molecule has 4 heterocycles. The van der Waals surface area contributed by atoms with E-state index in [1.807, 2.05) is 6.07 Å². The lowest BCUT2D eigenvalue weighted by atomic mass is 9.91. The minimum absolute atomic E-state index is 0.588. The minimum Gasteiger partial charge on any atom is -0.493 e. The number of rotatable bonds is 6. The van der Waals surface area contributed by atoms with E-state index >= 15 is 0 Å². The molecule has 2 aromatic carbocycles. The van der Waals surface area contributed by atoms with Crippen molar-refractivity contribution in [1.29, 1.82) is 0 Å². The predicted molar refractivity (Wildman–Crippen MR) is 135 cm³/mol. The highest BCUT2D eigenvalue weighted by Gasteiger charge is 2.34. The predicted octanol–water partition coefficient (Wildman–Crippen LogP) is 4.71. The van der Waals surface area contributed by atoms with Crippen LogP contribution in [-0.4, -0.2) is 66.9 Å². The molecular formula is C28H36N4O2. The number of piperazine rings is 1. The van der Waals surface area contributed by atoms with Gasteiger partial charge in [0.15, 0.2) is 11.4 Å². The quantitative estimate of drug-likeness (QED) is 0.531. The SMILES string of the molecule is Cc1ccc2onc(N3CCN4C[C@@H](COc5cccc(CN6CCCC6)c5)CC[C@H]4C3)c2c1. The summed E-state index contributed by atoms with van der Waals surface area (Å²) in [6.45, 7) is 10.7. The molecule has 1 aromatic heterocycles. The molecule has 3 saturated heterocycles. The molecule has 0 aliphatic carbocycles. The lowest BCUT2D eigenvalue weighted by Gasteiger charge is -2.46. The third kappa shape index (κ3) is 4.66. The number of nitrogens with zero attached hydrogens (tertiary/aromatic N) is 4. The summed E-state index contributed by atoms with van der Waals surface area (Å²) in [7, 11) is 0. The molecule has 3 aromatic rings. The molecule has 3 fully saturated rings. The lowest BCUT2D eigenvalue weighted by molar-refractivity contribution is 0.0726. The second-order valence-electron chi connectivity index (χ2n) is 10.5. The van der Waals surface area contributed by atoms with Crippen LogP contribution in [0.2, 0.25) is 0 Å². The van der Waals surface area contributed by atoms with E-state index in [1.54, 1.807) is 0 Å². The Hall–Kier alpha value is -2.57. The van der Waals surface area contributed by atoms with E-state index in [0.717, 1.165) is 61.9 Å². The molecule has 0 saturated carbocycles. The number of aromatic nitrogens is 1. The summed E-state index contributed by atoms with van der Waals surface area (Å²) in [6.07, 6.45) is 5.11. The third-order valence-electron chi connectivity index (χ3n) is 7.90. The molecule has 3 aliphatic rings. The van der Waals surface area contributed by atoms with Crippen molar-refractivity contribution in [2.75, 3.05) is 50.8 Å². The number of piperidine rings is 1. The van der Waals surface area contributed by atoms with E-state index in [0.29, 0.717) is 12.0 Å². The number of fused-ring (bicyclic) bond motifs is 2. The number of hydrogen-bond donors (Lipinski definition) is 0. The van der Waals surface area contributed by atoms with Crippen LogP contribution in [0.25, 0.3) is 11.0 Å². The second kappa shape index (κ2) is 9.59. The zero-order valence-electron chi connectivity index (χ0n) is 20.3. The van der Waals surface area contributed by atoms with Gasteiger partial charge in [-0.2, -0.15) is 0 Å². The normalized spacial score (nSPS) is 24.0. The van der Waals surface area contributed by atoms with E-state index < -0.39 is 0 Å². The fourth-order valence-corrected chi connectivity index (χ4v) is 6.00. The summed E-state index contributed by atoms with van der Waals surface area (Å²) >= 11 is 0. The summed E-state index contributed by atoms with van der Waals surface area (Å²) in [6, 6.07) is 15.6. The molecule has 6 rings (SSSR count). The van der Waals surface area contributed by atoms with Crippen LogP contribution in [0.1, 0.15) is 36.8 Å². The molecule has 0 N–H and O–H groups in total. The fraction of sp³-hybridized carbons (Fsp3) is 0.536. The molecule has 6 nitrogen and oxygen atoms in total. The number of benzene rings is 2. The molecule has 0 bridgehead atoms. The zero-order chi connectivity index (χ0) is 22.9. The Morgan fingerprint density at radius 2 is 1.91 bits per heavy atom. The van der Waals surface area contributed by atoms with Crippen molar-refractivity contribution in [3.05, 3.63) is 53.6 Å². The summed E-state index contributed by atoms with van der Waals surface area (Å²) in [5, 5.41) is 5.57. The van der Waals surface area contributed by atoms with Gasteiger partial charge < -0.3 is 14.2 Å². The van der Waals surface area contributed by atoms with E-state index in [-0.39, 0.29) is 0 Å². The first-order valence-corrected chi connectivity index (χ1v) is 13.0. The molecule has 34 heavy (non-hydrogen) atoms. The van der Waals surface area contributed by atoms with Crippen molar-refractivity contribution in [3.8, 4) is 5.75 Å². The van der Waals surface area contributed by atoms with Gasteiger partial charge in [-0.25, -0.2) is 0 Å². The van der Waals surface area contributed by atoms with Gasteiger partial charge >= 0.3 is 0 Å². The van der Waals surface area contributed by atoms with Gasteiger partial charge in [0.25, 0.3) is 0 Å². The number of ether oxygens (including phenoxy) is 1. The smallest absolute Gasteiger partial charge is 0.180 e. The van der Waals surface area contributed by atoms with Gasteiger partial charge in [0.2, 0.25) is 0 Å². The van der Waals surface area contributed by atoms with Crippen molar-refractivity contribution >= 4 is 16.8 Å². The van der Waals surface area contributed by atoms with Crippen LogP contribution in [0.5, 0.6) is 5.75 Å². The van der Waals surface area contributed by atoms with Gasteiger partial charge in [0.05, 0.1) is 12.0 Å². The summed E-state index contributed by atoms with van der Waals surface area (Å²) in [4.78, 5) is 7.64. The Labute approximate surface area is 202 Å². The van der Waals surface area contributed by atoms with E-state index in [2.05, 4.69) is 63.2 Å². The largest absolute Gasteiger partial charge is 0.493 e. The third-order valence-corrected chi connectivity index (χ3v) is 7.90. The van der Waals surface area contributed by atoms with Crippen LogP contribution >= 0.6 is 0 Å². The van der Waals surface area contributed by atoms with Crippen LogP contribution in [0.3, 0.4) is 0 Å². The molecule has 0 amide bonds. The van der Waals surface area contributed by atoms with Gasteiger partial charge in [-0.3, -0.25) is 9.80 Å². The molecule has 0 spiro atoms. The number of aryl methyl sites for hydroxylation is 1. The summed E-state index contributed by atoms with van der Waals surface area (Å²) < 4.78 is 11.9. The Morgan fingerprint density at radius 1 is 1.00 bits per heavy atom. The van der Waals surface area contributed by atoms with E-state index in [1.165, 1.54) is 49.9 Å². The average Bonchev–Trinajstić information content (AvgIpc) is 3.52. The monoisotopic (exact) mass is 460 g/mol. The molecule has 3 aliphatic heterocycles. The van der Waals surface area contributed by atoms with Crippen LogP contribution < -0.4 is 9.64 Å². The maximum absolute atomic E-state index is 6.29. The average molecular weight is 461 g/mol. The van der Waals surface area contributed by atoms with Crippen molar-refractivity contribution in [2.24, 2.45) is 5.92 Å². The Bertz CT molecular complexity index is 1120. The Balaban J connectivity index is 1.03. The molecular weight excluding hydrogens is 424 g/mol. The van der Waals surface area contributed by atoms with Gasteiger partial charge in [-0.05, 0) is 75.5 Å². The minimum atomic E-state index is 0.588. The number of anilines is 1. The maximum Gasteiger partial charge on any atom is 0.180 e. The molecule has 6 heteroatoms. The number of likely N-dealkylation sites (tertiary alicyclic amines) is 1.